The number of hydrogen-bond acceptors (Lipinski definition) is 3. The number of rotatable bonds is 3. The summed E-state index contributed by atoms with van der Waals surface area (Å²) in [5.41, 5.74) is 1.05. The molecule has 0 aliphatic carbocycles. The average Bonchev–Trinajstić information content (AvgIpc) is 2.95. The van der Waals surface area contributed by atoms with Crippen LogP contribution < -0.4 is 5.32 Å². The number of hydrogen-bond donors (Lipinski definition) is 1. The SMILES string of the molecule is Cc1ccc(CN2C(=O)N[C@@]3(CCCN(C(=O)c4ccc(F)c(Cl)c4)C3)C2=O)cc1. The zero-order valence-electron chi connectivity index (χ0n) is 16.5. The van der Waals surface area contributed by atoms with Gasteiger partial charge in [-0.05, 0) is 43.5 Å². The first-order valence-electron chi connectivity index (χ1n) is 9.73. The summed E-state index contributed by atoms with van der Waals surface area (Å²) in [7, 11) is 0. The zero-order valence-corrected chi connectivity index (χ0v) is 17.2. The predicted octanol–water partition coefficient (Wildman–Crippen LogP) is 3.51. The zero-order chi connectivity index (χ0) is 21.5. The van der Waals surface area contributed by atoms with E-state index in [1.165, 1.54) is 21.9 Å². The molecule has 0 radical (unpaired) electrons. The fraction of sp³-hybridized carbons (Fsp3) is 0.318. The number of urea groups is 1. The maximum Gasteiger partial charge on any atom is 0.325 e. The molecule has 2 aliphatic heterocycles. The molecule has 2 aliphatic rings. The number of aryl methyl sites for hydroxylation is 1. The Morgan fingerprint density at radius 2 is 1.93 bits per heavy atom. The minimum absolute atomic E-state index is 0.0653. The Morgan fingerprint density at radius 1 is 1.20 bits per heavy atom. The Balaban J connectivity index is 1.53. The van der Waals surface area contributed by atoms with E-state index in [9.17, 15) is 18.8 Å². The molecule has 1 spiro atoms. The lowest BCUT2D eigenvalue weighted by Gasteiger charge is -2.38. The molecule has 0 aromatic heterocycles. The molecule has 2 fully saturated rings. The normalized spacial score (nSPS) is 21.3. The van der Waals surface area contributed by atoms with E-state index < -0.39 is 17.4 Å². The molecule has 30 heavy (non-hydrogen) atoms. The van der Waals surface area contributed by atoms with Gasteiger partial charge in [0.1, 0.15) is 11.4 Å². The first kappa shape index (κ1) is 20.3. The lowest BCUT2D eigenvalue weighted by molar-refractivity contribution is -0.133. The number of carbonyl (C=O) groups is 3. The van der Waals surface area contributed by atoms with Gasteiger partial charge in [-0.1, -0.05) is 41.4 Å². The average molecular weight is 430 g/mol. The van der Waals surface area contributed by atoms with Crippen LogP contribution in [0.1, 0.15) is 34.3 Å². The summed E-state index contributed by atoms with van der Waals surface area (Å²) in [6.45, 7) is 2.65. The van der Waals surface area contributed by atoms with Crippen molar-refractivity contribution in [2.45, 2.75) is 31.8 Å². The molecule has 1 atom stereocenters. The van der Waals surface area contributed by atoms with Crippen LogP contribution in [0.15, 0.2) is 42.5 Å². The molecule has 156 valence electrons. The van der Waals surface area contributed by atoms with Crippen LogP contribution in [0.25, 0.3) is 0 Å². The van der Waals surface area contributed by atoms with Crippen LogP contribution >= 0.6 is 11.6 Å². The predicted molar refractivity (Wildman–Crippen MR) is 110 cm³/mol. The van der Waals surface area contributed by atoms with Gasteiger partial charge in [-0.2, -0.15) is 0 Å². The Morgan fingerprint density at radius 3 is 2.63 bits per heavy atom. The molecule has 0 saturated carbocycles. The van der Waals surface area contributed by atoms with E-state index in [4.69, 9.17) is 11.6 Å². The minimum atomic E-state index is -1.14. The van der Waals surface area contributed by atoms with E-state index in [0.29, 0.717) is 19.4 Å². The van der Waals surface area contributed by atoms with Crippen LogP contribution in [0, 0.1) is 12.7 Å². The Hall–Kier alpha value is -2.93. The molecule has 0 bridgehead atoms. The van der Waals surface area contributed by atoms with Crippen molar-refractivity contribution in [3.63, 3.8) is 0 Å². The van der Waals surface area contributed by atoms with Gasteiger partial charge < -0.3 is 10.2 Å². The fourth-order valence-electron chi connectivity index (χ4n) is 4.01. The minimum Gasteiger partial charge on any atom is -0.336 e. The molecule has 2 saturated heterocycles. The topological polar surface area (TPSA) is 69.7 Å². The van der Waals surface area contributed by atoms with E-state index in [-0.39, 0.29) is 35.5 Å². The van der Waals surface area contributed by atoms with E-state index in [1.807, 2.05) is 31.2 Å². The smallest absolute Gasteiger partial charge is 0.325 e. The van der Waals surface area contributed by atoms with Crippen molar-refractivity contribution in [2.24, 2.45) is 0 Å². The highest BCUT2D eigenvalue weighted by Crippen LogP contribution is 2.30. The van der Waals surface area contributed by atoms with Gasteiger partial charge in [0, 0.05) is 12.1 Å². The van der Waals surface area contributed by atoms with Crippen molar-refractivity contribution >= 4 is 29.4 Å². The molecule has 4 amide bonds. The van der Waals surface area contributed by atoms with Crippen LogP contribution in [0.5, 0.6) is 0 Å². The highest BCUT2D eigenvalue weighted by atomic mass is 35.5. The van der Waals surface area contributed by atoms with Gasteiger partial charge in [0.05, 0.1) is 18.1 Å². The van der Waals surface area contributed by atoms with Crippen molar-refractivity contribution in [3.8, 4) is 0 Å². The highest BCUT2D eigenvalue weighted by molar-refractivity contribution is 6.31. The molecule has 6 nitrogen and oxygen atoms in total. The molecule has 2 aromatic rings. The van der Waals surface area contributed by atoms with Crippen LogP contribution in [0.2, 0.25) is 5.02 Å². The van der Waals surface area contributed by atoms with Crippen LogP contribution in [-0.4, -0.2) is 46.3 Å². The number of halogens is 2. The van der Waals surface area contributed by atoms with Crippen LogP contribution in [0.4, 0.5) is 9.18 Å². The summed E-state index contributed by atoms with van der Waals surface area (Å²) in [6.07, 6.45) is 1.01. The lowest BCUT2D eigenvalue weighted by Crippen LogP contribution is -2.59. The standard InChI is InChI=1S/C22H21ClFN3O3/c1-14-3-5-15(6-4-14)12-27-20(29)22(25-21(27)30)9-2-10-26(13-22)19(28)16-7-8-18(24)17(23)11-16/h3-8,11H,2,9-10,12-13H2,1H3,(H,25,30)/t22-/m1/s1. The summed E-state index contributed by atoms with van der Waals surface area (Å²) in [5, 5.41) is 2.68. The van der Waals surface area contributed by atoms with Crippen LogP contribution in [0.3, 0.4) is 0 Å². The van der Waals surface area contributed by atoms with E-state index >= 15 is 0 Å². The van der Waals surface area contributed by atoms with Crippen molar-refractivity contribution in [2.75, 3.05) is 13.1 Å². The van der Waals surface area contributed by atoms with Crippen molar-refractivity contribution < 1.29 is 18.8 Å². The monoisotopic (exact) mass is 429 g/mol. The van der Waals surface area contributed by atoms with E-state index in [0.717, 1.165) is 17.2 Å². The number of likely N-dealkylation sites (tertiary alicyclic amines) is 1. The number of nitrogens with zero attached hydrogens (tertiary/aromatic N) is 2. The van der Waals surface area contributed by atoms with Crippen molar-refractivity contribution in [1.29, 1.82) is 0 Å². The third kappa shape index (κ3) is 3.65. The largest absolute Gasteiger partial charge is 0.336 e. The second kappa shape index (κ2) is 7.72. The van der Waals surface area contributed by atoms with Crippen LogP contribution in [-0.2, 0) is 11.3 Å². The third-order valence-electron chi connectivity index (χ3n) is 5.65. The lowest BCUT2D eigenvalue weighted by atomic mass is 9.88. The second-order valence-electron chi connectivity index (χ2n) is 7.85. The molecule has 0 unspecified atom stereocenters. The number of nitrogens with one attached hydrogen (secondary N) is 1. The van der Waals surface area contributed by atoms with Gasteiger partial charge in [-0.15, -0.1) is 0 Å². The molecule has 2 heterocycles. The summed E-state index contributed by atoms with van der Waals surface area (Å²) >= 11 is 5.80. The number of benzene rings is 2. The molecular weight excluding hydrogens is 409 g/mol. The highest BCUT2D eigenvalue weighted by Gasteiger charge is 2.53. The molecule has 2 aromatic carbocycles. The van der Waals surface area contributed by atoms with Crippen molar-refractivity contribution in [1.82, 2.24) is 15.1 Å². The third-order valence-corrected chi connectivity index (χ3v) is 5.94. The number of amides is 4. The quantitative estimate of drug-likeness (QED) is 0.759. The first-order chi connectivity index (χ1) is 14.3. The molecule has 4 rings (SSSR count). The van der Waals surface area contributed by atoms with Gasteiger partial charge in [0.25, 0.3) is 11.8 Å². The maximum absolute atomic E-state index is 13.4. The van der Waals surface area contributed by atoms with Gasteiger partial charge in [-0.3, -0.25) is 14.5 Å². The van der Waals surface area contributed by atoms with Gasteiger partial charge in [0.2, 0.25) is 0 Å². The Labute approximate surface area is 178 Å². The molecule has 8 heteroatoms. The van der Waals surface area contributed by atoms with Gasteiger partial charge >= 0.3 is 6.03 Å². The number of piperidine rings is 1. The first-order valence-corrected chi connectivity index (χ1v) is 10.1. The number of carbonyl (C=O) groups excluding carboxylic acids is 3. The summed E-state index contributed by atoms with van der Waals surface area (Å²) < 4.78 is 13.4. The molecular formula is C22H21ClFN3O3. The van der Waals surface area contributed by atoms with Gasteiger partial charge in [-0.25, -0.2) is 9.18 Å². The van der Waals surface area contributed by atoms with Crippen molar-refractivity contribution in [3.05, 3.63) is 70.0 Å². The Kier molecular flexibility index (Phi) is 5.24. The Bertz CT molecular complexity index is 1030. The van der Waals surface area contributed by atoms with E-state index in [1.54, 1.807) is 0 Å². The summed E-state index contributed by atoms with van der Waals surface area (Å²) in [6, 6.07) is 11.0. The fourth-order valence-corrected chi connectivity index (χ4v) is 4.19. The second-order valence-corrected chi connectivity index (χ2v) is 8.26. The summed E-state index contributed by atoms with van der Waals surface area (Å²) in [4.78, 5) is 41.4. The van der Waals surface area contributed by atoms with E-state index in [2.05, 4.69) is 5.32 Å². The maximum atomic E-state index is 13.4. The van der Waals surface area contributed by atoms with Gasteiger partial charge in [0.15, 0.2) is 0 Å². The number of imide groups is 1. The molecule has 1 N–H and O–H groups in total. The summed E-state index contributed by atoms with van der Waals surface area (Å²) in [5.74, 6) is -1.29.